The molecule has 6 nitrogen and oxygen atoms in total. The highest BCUT2D eigenvalue weighted by molar-refractivity contribution is 5.99. The molecule has 0 bridgehead atoms. The number of rotatable bonds is 5. The molecule has 0 atom stereocenters. The van der Waals surface area contributed by atoms with E-state index in [9.17, 15) is 18.0 Å². The molecule has 0 radical (unpaired) electrons. The summed E-state index contributed by atoms with van der Waals surface area (Å²) >= 11 is 0. The number of halogens is 3. The molecule has 3 rings (SSSR count). The van der Waals surface area contributed by atoms with Gasteiger partial charge < -0.3 is 9.72 Å². The van der Waals surface area contributed by atoms with Crippen LogP contribution in [0.4, 0.5) is 23.7 Å². The van der Waals surface area contributed by atoms with Gasteiger partial charge >= 0.3 is 12.3 Å². The average molecular weight is 408 g/mol. The maximum absolute atomic E-state index is 12.6. The predicted molar refractivity (Wildman–Crippen MR) is 104 cm³/mol. The first-order valence-electron chi connectivity index (χ1n) is 9.21. The Bertz CT molecular complexity index is 999. The monoisotopic (exact) mass is 408 g/mol. The fourth-order valence-electron chi connectivity index (χ4n) is 2.92. The van der Waals surface area contributed by atoms with Crippen molar-refractivity contribution >= 4 is 22.7 Å². The Kier molecular flexibility index (Phi) is 5.59. The van der Waals surface area contributed by atoms with Gasteiger partial charge in [0.15, 0.2) is 0 Å². The summed E-state index contributed by atoms with van der Waals surface area (Å²) in [7, 11) is 0. The summed E-state index contributed by atoms with van der Waals surface area (Å²) in [5.41, 5.74) is 1.14. The Morgan fingerprint density at radius 1 is 1.28 bits per heavy atom. The maximum atomic E-state index is 12.6. The number of fused-ring (bicyclic) bond motifs is 1. The van der Waals surface area contributed by atoms with Crippen molar-refractivity contribution in [1.29, 1.82) is 0 Å². The Morgan fingerprint density at radius 2 is 2.03 bits per heavy atom. The van der Waals surface area contributed by atoms with E-state index in [1.165, 1.54) is 4.68 Å². The second-order valence-corrected chi connectivity index (χ2v) is 7.80. The van der Waals surface area contributed by atoms with Gasteiger partial charge in [-0.05, 0) is 51.3 Å². The second-order valence-electron chi connectivity index (χ2n) is 7.80. The number of carbonyl (C=O) groups excluding carboxylic acids is 1. The quantitative estimate of drug-likeness (QED) is 0.597. The number of amides is 1. The van der Waals surface area contributed by atoms with Gasteiger partial charge in [-0.1, -0.05) is 6.07 Å². The van der Waals surface area contributed by atoms with E-state index in [0.29, 0.717) is 25.1 Å². The summed E-state index contributed by atoms with van der Waals surface area (Å²) in [4.78, 5) is 15.1. The van der Waals surface area contributed by atoms with Crippen LogP contribution in [0.1, 0.15) is 38.3 Å². The molecule has 9 heteroatoms. The molecular formula is C20H23F3N4O2. The summed E-state index contributed by atoms with van der Waals surface area (Å²) < 4.78 is 44.5. The van der Waals surface area contributed by atoms with Crippen LogP contribution in [0.3, 0.4) is 0 Å². The van der Waals surface area contributed by atoms with E-state index in [-0.39, 0.29) is 0 Å². The third-order valence-electron chi connectivity index (χ3n) is 4.20. The molecule has 0 aliphatic rings. The average Bonchev–Trinajstić information content (AvgIpc) is 3.20. The van der Waals surface area contributed by atoms with Crippen molar-refractivity contribution in [2.45, 2.75) is 51.9 Å². The zero-order valence-electron chi connectivity index (χ0n) is 16.4. The predicted octanol–water partition coefficient (Wildman–Crippen LogP) is 5.36. The lowest BCUT2D eigenvalue weighted by Gasteiger charge is -2.19. The van der Waals surface area contributed by atoms with E-state index >= 15 is 0 Å². The number of nitrogens with zero attached hydrogens (tertiary/aromatic N) is 2. The standard InChI is InChI=1S/C20H23F3N4O2/c1-19(2,3)29-18(28)26-17-11-24-16-7-6-13(9-15(16)17)5-4-8-27-12-14(10-25-27)20(21,22)23/h6-7,9-12,24H,4-5,8H2,1-3H3,(H,26,28). The van der Waals surface area contributed by atoms with Gasteiger partial charge in [0.05, 0.1) is 17.4 Å². The van der Waals surface area contributed by atoms with Crippen molar-refractivity contribution in [1.82, 2.24) is 14.8 Å². The molecule has 29 heavy (non-hydrogen) atoms. The van der Waals surface area contributed by atoms with Crippen LogP contribution in [0.2, 0.25) is 0 Å². The molecule has 0 aliphatic carbocycles. The number of H-pyrrole nitrogens is 1. The number of anilines is 1. The number of aromatic amines is 1. The lowest BCUT2D eigenvalue weighted by Crippen LogP contribution is -2.27. The number of carbonyl (C=O) groups is 1. The highest BCUT2D eigenvalue weighted by Crippen LogP contribution is 2.29. The van der Waals surface area contributed by atoms with Gasteiger partial charge in [-0.25, -0.2) is 4.79 Å². The van der Waals surface area contributed by atoms with Crippen molar-refractivity contribution in [3.63, 3.8) is 0 Å². The molecule has 156 valence electrons. The summed E-state index contributed by atoms with van der Waals surface area (Å²) in [6.45, 7) is 5.75. The molecular weight excluding hydrogens is 385 g/mol. The molecule has 2 aromatic heterocycles. The van der Waals surface area contributed by atoms with Crippen molar-refractivity contribution in [2.75, 3.05) is 5.32 Å². The topological polar surface area (TPSA) is 71.9 Å². The normalized spacial score (nSPS) is 12.3. The van der Waals surface area contributed by atoms with Crippen LogP contribution in [0, 0.1) is 0 Å². The minimum atomic E-state index is -4.38. The van der Waals surface area contributed by atoms with E-state index in [1.54, 1.807) is 27.0 Å². The first-order chi connectivity index (χ1) is 13.5. The molecule has 2 N–H and O–H groups in total. The van der Waals surface area contributed by atoms with Crippen LogP contribution < -0.4 is 5.32 Å². The van der Waals surface area contributed by atoms with E-state index in [2.05, 4.69) is 15.4 Å². The molecule has 1 aromatic carbocycles. The zero-order chi connectivity index (χ0) is 21.2. The summed E-state index contributed by atoms with van der Waals surface area (Å²) in [6.07, 6.45) is -0.0880. The maximum Gasteiger partial charge on any atom is 0.419 e. The van der Waals surface area contributed by atoms with Crippen LogP contribution in [0.15, 0.2) is 36.8 Å². The van der Waals surface area contributed by atoms with Crippen LogP contribution in [-0.4, -0.2) is 26.5 Å². The molecule has 0 saturated carbocycles. The van der Waals surface area contributed by atoms with Gasteiger partial charge in [0.1, 0.15) is 5.60 Å². The van der Waals surface area contributed by atoms with E-state index in [0.717, 1.165) is 28.9 Å². The van der Waals surface area contributed by atoms with Crippen LogP contribution in [0.5, 0.6) is 0 Å². The molecule has 2 heterocycles. The molecule has 0 spiro atoms. The number of hydrogen-bond donors (Lipinski definition) is 2. The van der Waals surface area contributed by atoms with E-state index < -0.39 is 23.4 Å². The van der Waals surface area contributed by atoms with Crippen LogP contribution >= 0.6 is 0 Å². The highest BCUT2D eigenvalue weighted by atomic mass is 19.4. The lowest BCUT2D eigenvalue weighted by atomic mass is 10.1. The number of hydrogen-bond acceptors (Lipinski definition) is 3. The van der Waals surface area contributed by atoms with Crippen LogP contribution in [-0.2, 0) is 23.9 Å². The lowest BCUT2D eigenvalue weighted by molar-refractivity contribution is -0.137. The first-order valence-corrected chi connectivity index (χ1v) is 9.21. The van der Waals surface area contributed by atoms with Gasteiger partial charge in [-0.3, -0.25) is 10.00 Å². The number of nitrogens with one attached hydrogen (secondary N) is 2. The molecule has 3 aromatic rings. The highest BCUT2D eigenvalue weighted by Gasteiger charge is 2.32. The molecule has 0 fully saturated rings. The molecule has 0 aliphatic heterocycles. The zero-order valence-corrected chi connectivity index (χ0v) is 16.4. The van der Waals surface area contributed by atoms with E-state index in [4.69, 9.17) is 4.74 Å². The Hall–Kier alpha value is -2.97. The third-order valence-corrected chi connectivity index (χ3v) is 4.20. The van der Waals surface area contributed by atoms with Gasteiger partial charge in [-0.15, -0.1) is 0 Å². The Morgan fingerprint density at radius 3 is 2.69 bits per heavy atom. The number of benzene rings is 1. The molecule has 0 unspecified atom stereocenters. The number of alkyl halides is 3. The van der Waals surface area contributed by atoms with E-state index in [1.807, 2.05) is 18.2 Å². The van der Waals surface area contributed by atoms with Crippen molar-refractivity contribution < 1.29 is 22.7 Å². The Labute approximate surface area is 166 Å². The number of aromatic nitrogens is 3. The Balaban J connectivity index is 1.63. The third kappa shape index (κ3) is 5.52. The summed E-state index contributed by atoms with van der Waals surface area (Å²) in [5, 5.41) is 7.34. The number of aryl methyl sites for hydroxylation is 2. The summed E-state index contributed by atoms with van der Waals surface area (Å²) in [5.74, 6) is 0. The van der Waals surface area contributed by atoms with Gasteiger partial charge in [0.2, 0.25) is 0 Å². The van der Waals surface area contributed by atoms with Crippen LogP contribution in [0.25, 0.3) is 10.9 Å². The van der Waals surface area contributed by atoms with Crippen molar-refractivity contribution in [3.8, 4) is 0 Å². The minimum absolute atomic E-state index is 0.379. The second kappa shape index (κ2) is 7.81. The smallest absolute Gasteiger partial charge is 0.419 e. The minimum Gasteiger partial charge on any atom is -0.444 e. The number of ether oxygens (including phenoxy) is 1. The van der Waals surface area contributed by atoms with Gasteiger partial charge in [0.25, 0.3) is 0 Å². The molecule has 0 saturated heterocycles. The van der Waals surface area contributed by atoms with Gasteiger partial charge in [0, 0.05) is 29.8 Å². The van der Waals surface area contributed by atoms with Crippen molar-refractivity contribution in [3.05, 3.63) is 47.9 Å². The fourth-order valence-corrected chi connectivity index (χ4v) is 2.92. The summed E-state index contributed by atoms with van der Waals surface area (Å²) in [6, 6.07) is 5.80. The first kappa shape index (κ1) is 20.8. The molecule has 1 amide bonds. The fraction of sp³-hybridized carbons (Fsp3) is 0.400. The van der Waals surface area contributed by atoms with Gasteiger partial charge in [-0.2, -0.15) is 18.3 Å². The largest absolute Gasteiger partial charge is 0.444 e. The van der Waals surface area contributed by atoms with Crippen molar-refractivity contribution in [2.24, 2.45) is 0 Å². The SMILES string of the molecule is CC(C)(C)OC(=O)Nc1c[nH]c2ccc(CCCn3cc(C(F)(F)F)cn3)cc12.